The average Bonchev–Trinajstić information content (AvgIpc) is 2.48. The van der Waals surface area contributed by atoms with E-state index in [1.807, 2.05) is 20.8 Å². The monoisotopic (exact) mass is 342 g/mol. The molecule has 1 fully saturated rings. The highest BCUT2D eigenvalue weighted by atomic mass is 19.1. The predicted octanol–water partition coefficient (Wildman–Crippen LogP) is 2.48. The van der Waals surface area contributed by atoms with Crippen LogP contribution in [0.4, 0.5) is 8.78 Å². The molecule has 2 rings (SSSR count). The first-order valence-electron chi connectivity index (χ1n) is 8.63. The molecule has 136 valence electrons. The molecule has 0 aliphatic carbocycles. The first-order valence-corrected chi connectivity index (χ1v) is 8.63. The van der Waals surface area contributed by atoms with Crippen molar-refractivity contribution in [2.45, 2.75) is 51.5 Å². The Bertz CT molecular complexity index is 520. The van der Waals surface area contributed by atoms with E-state index in [1.165, 1.54) is 12.1 Å². The fraction of sp³-hybridized carbons (Fsp3) is 0.667. The molecular formula is C18H28F2N2O2. The maximum Gasteiger partial charge on any atom is 0.130 e. The van der Waals surface area contributed by atoms with Gasteiger partial charge in [-0.1, -0.05) is 13.0 Å². The Hall–Kier alpha value is -1.08. The largest absolute Gasteiger partial charge is 0.390 e. The normalized spacial score (nSPS) is 24.8. The van der Waals surface area contributed by atoms with Gasteiger partial charge in [-0.2, -0.15) is 0 Å². The van der Waals surface area contributed by atoms with Crippen molar-refractivity contribution in [3.8, 4) is 0 Å². The van der Waals surface area contributed by atoms with Crippen LogP contribution < -0.4 is 5.32 Å². The highest BCUT2D eigenvalue weighted by Crippen LogP contribution is 2.21. The Labute approximate surface area is 142 Å². The average molecular weight is 342 g/mol. The minimum atomic E-state index is -0.582. The molecule has 4 atom stereocenters. The Morgan fingerprint density at radius 3 is 2.54 bits per heavy atom. The number of morpholine rings is 1. The third-order valence-electron chi connectivity index (χ3n) is 4.31. The number of hydrogen-bond acceptors (Lipinski definition) is 4. The minimum Gasteiger partial charge on any atom is -0.390 e. The van der Waals surface area contributed by atoms with Crippen LogP contribution in [0.15, 0.2) is 18.2 Å². The highest BCUT2D eigenvalue weighted by molar-refractivity contribution is 5.22. The second-order valence-corrected chi connectivity index (χ2v) is 6.66. The van der Waals surface area contributed by atoms with Gasteiger partial charge in [-0.05, 0) is 26.3 Å². The fourth-order valence-corrected chi connectivity index (χ4v) is 3.33. The Kier molecular flexibility index (Phi) is 7.10. The first kappa shape index (κ1) is 19.2. The van der Waals surface area contributed by atoms with Gasteiger partial charge in [0.25, 0.3) is 0 Å². The number of rotatable bonds is 7. The summed E-state index contributed by atoms with van der Waals surface area (Å²) in [5.41, 5.74) is 0.430. The molecule has 24 heavy (non-hydrogen) atoms. The summed E-state index contributed by atoms with van der Waals surface area (Å²) in [4.78, 5) is 2.19. The van der Waals surface area contributed by atoms with E-state index in [0.29, 0.717) is 25.1 Å². The van der Waals surface area contributed by atoms with Gasteiger partial charge in [-0.25, -0.2) is 8.78 Å². The molecule has 0 amide bonds. The zero-order valence-corrected chi connectivity index (χ0v) is 14.6. The fourth-order valence-electron chi connectivity index (χ4n) is 3.33. The minimum absolute atomic E-state index is 0.158. The van der Waals surface area contributed by atoms with Gasteiger partial charge in [0.05, 0.1) is 18.3 Å². The van der Waals surface area contributed by atoms with Crippen LogP contribution in [0, 0.1) is 11.6 Å². The molecule has 1 saturated heterocycles. The quantitative estimate of drug-likeness (QED) is 0.799. The number of hydrogen-bond donors (Lipinski definition) is 2. The molecule has 1 aliphatic heterocycles. The van der Waals surface area contributed by atoms with Crippen LogP contribution in [0.5, 0.6) is 0 Å². The maximum absolute atomic E-state index is 13.9. The second kappa shape index (κ2) is 8.85. The SMILES string of the molecule is CCC(NCC(O)CN1CC(C)OC(C)C1)c1ccc(F)cc1F. The number of aliphatic hydroxyl groups excluding tert-OH is 1. The lowest BCUT2D eigenvalue weighted by atomic mass is 10.0. The van der Waals surface area contributed by atoms with Crippen molar-refractivity contribution in [3.63, 3.8) is 0 Å². The van der Waals surface area contributed by atoms with Gasteiger partial charge < -0.3 is 15.2 Å². The summed E-state index contributed by atoms with van der Waals surface area (Å²) in [5, 5.41) is 13.5. The van der Waals surface area contributed by atoms with E-state index in [9.17, 15) is 13.9 Å². The number of ether oxygens (including phenoxy) is 1. The molecule has 1 aliphatic rings. The van der Waals surface area contributed by atoms with Crippen LogP contribution in [0.25, 0.3) is 0 Å². The molecule has 0 saturated carbocycles. The van der Waals surface area contributed by atoms with Crippen LogP contribution in [0.2, 0.25) is 0 Å². The summed E-state index contributed by atoms with van der Waals surface area (Å²) in [6.45, 7) is 8.48. The van der Waals surface area contributed by atoms with Crippen molar-refractivity contribution in [2.24, 2.45) is 0 Å². The molecular weight excluding hydrogens is 314 g/mol. The summed E-state index contributed by atoms with van der Waals surface area (Å²) < 4.78 is 32.6. The van der Waals surface area contributed by atoms with Crippen molar-refractivity contribution in [1.29, 1.82) is 0 Å². The summed E-state index contributed by atoms with van der Waals surface area (Å²) in [6.07, 6.45) is 0.414. The first-order chi connectivity index (χ1) is 11.4. The zero-order chi connectivity index (χ0) is 17.7. The van der Waals surface area contributed by atoms with Crippen molar-refractivity contribution in [1.82, 2.24) is 10.2 Å². The maximum atomic E-state index is 13.9. The third kappa shape index (κ3) is 5.48. The van der Waals surface area contributed by atoms with Crippen LogP contribution >= 0.6 is 0 Å². The Morgan fingerprint density at radius 1 is 1.29 bits per heavy atom. The molecule has 1 aromatic rings. The highest BCUT2D eigenvalue weighted by Gasteiger charge is 2.24. The number of halogens is 2. The van der Waals surface area contributed by atoms with E-state index < -0.39 is 17.7 Å². The summed E-state index contributed by atoms with van der Waals surface area (Å²) in [7, 11) is 0. The molecule has 1 heterocycles. The molecule has 0 radical (unpaired) electrons. The smallest absolute Gasteiger partial charge is 0.130 e. The van der Waals surface area contributed by atoms with Crippen molar-refractivity contribution >= 4 is 0 Å². The van der Waals surface area contributed by atoms with E-state index in [-0.39, 0.29) is 18.2 Å². The van der Waals surface area contributed by atoms with Crippen LogP contribution in [0.3, 0.4) is 0 Å². The van der Waals surface area contributed by atoms with Gasteiger partial charge >= 0.3 is 0 Å². The van der Waals surface area contributed by atoms with Crippen LogP contribution in [-0.2, 0) is 4.74 Å². The zero-order valence-electron chi connectivity index (χ0n) is 14.6. The molecule has 0 spiro atoms. The molecule has 4 unspecified atom stereocenters. The Balaban J connectivity index is 1.86. The van der Waals surface area contributed by atoms with Gasteiger partial charge in [0.1, 0.15) is 11.6 Å². The number of nitrogens with zero attached hydrogens (tertiary/aromatic N) is 1. The van der Waals surface area contributed by atoms with Gasteiger partial charge in [-0.15, -0.1) is 0 Å². The molecule has 0 bridgehead atoms. The molecule has 4 nitrogen and oxygen atoms in total. The number of benzene rings is 1. The number of nitrogens with one attached hydrogen (secondary N) is 1. The van der Waals surface area contributed by atoms with E-state index in [0.717, 1.165) is 19.2 Å². The van der Waals surface area contributed by atoms with Crippen LogP contribution in [-0.4, -0.2) is 54.5 Å². The number of aliphatic hydroxyl groups is 1. The van der Waals surface area contributed by atoms with Gasteiger partial charge in [0, 0.05) is 43.9 Å². The van der Waals surface area contributed by atoms with Gasteiger partial charge in [0.2, 0.25) is 0 Å². The standard InChI is InChI=1S/C18H28F2N2O2/c1-4-18(16-6-5-14(19)7-17(16)20)21-8-15(23)11-22-9-12(2)24-13(3)10-22/h5-7,12-13,15,18,21,23H,4,8-11H2,1-3H3. The lowest BCUT2D eigenvalue weighted by Crippen LogP contribution is -2.49. The second-order valence-electron chi connectivity index (χ2n) is 6.66. The van der Waals surface area contributed by atoms with Crippen molar-refractivity contribution < 1.29 is 18.6 Å². The molecule has 0 aromatic heterocycles. The lowest BCUT2D eigenvalue weighted by molar-refractivity contribution is -0.0763. The number of β-amino-alcohol motifs (C(OH)–C–C–N with tert-alkyl or cyclic N) is 1. The topological polar surface area (TPSA) is 44.7 Å². The summed E-state index contributed by atoms with van der Waals surface area (Å²) in [6, 6.07) is 3.37. The van der Waals surface area contributed by atoms with E-state index in [1.54, 1.807) is 0 Å². The van der Waals surface area contributed by atoms with E-state index >= 15 is 0 Å². The molecule has 1 aromatic carbocycles. The predicted molar refractivity (Wildman–Crippen MR) is 89.8 cm³/mol. The van der Waals surface area contributed by atoms with Crippen molar-refractivity contribution in [2.75, 3.05) is 26.2 Å². The van der Waals surface area contributed by atoms with E-state index in [2.05, 4.69) is 10.2 Å². The van der Waals surface area contributed by atoms with Crippen molar-refractivity contribution in [3.05, 3.63) is 35.4 Å². The molecule has 2 N–H and O–H groups in total. The lowest BCUT2D eigenvalue weighted by Gasteiger charge is -2.36. The van der Waals surface area contributed by atoms with Gasteiger partial charge in [-0.3, -0.25) is 4.90 Å². The summed E-state index contributed by atoms with van der Waals surface area (Å²) in [5.74, 6) is -1.14. The van der Waals surface area contributed by atoms with E-state index in [4.69, 9.17) is 4.74 Å². The van der Waals surface area contributed by atoms with Crippen LogP contribution in [0.1, 0.15) is 38.8 Å². The summed E-state index contributed by atoms with van der Waals surface area (Å²) >= 11 is 0. The Morgan fingerprint density at radius 2 is 1.96 bits per heavy atom. The third-order valence-corrected chi connectivity index (χ3v) is 4.31. The van der Waals surface area contributed by atoms with Gasteiger partial charge in [0.15, 0.2) is 0 Å². The molecule has 6 heteroatoms.